The number of ether oxygens (including phenoxy) is 2. The van der Waals surface area contributed by atoms with Crippen molar-refractivity contribution in [1.29, 1.82) is 5.26 Å². The van der Waals surface area contributed by atoms with Crippen molar-refractivity contribution < 1.29 is 19.1 Å². The summed E-state index contributed by atoms with van der Waals surface area (Å²) in [6.45, 7) is 0.595. The van der Waals surface area contributed by atoms with E-state index >= 15 is 0 Å². The van der Waals surface area contributed by atoms with Gasteiger partial charge >= 0.3 is 5.97 Å². The number of hydrogen-bond donors (Lipinski definition) is 1. The maximum Gasteiger partial charge on any atom is 0.337 e. The van der Waals surface area contributed by atoms with Gasteiger partial charge in [0.15, 0.2) is 0 Å². The van der Waals surface area contributed by atoms with E-state index in [2.05, 4.69) is 22.1 Å². The lowest BCUT2D eigenvalue weighted by Crippen LogP contribution is -2.15. The minimum atomic E-state index is -0.418. The average Bonchev–Trinajstić information content (AvgIpc) is 3.60. The summed E-state index contributed by atoms with van der Waals surface area (Å²) in [5.74, 6) is 0.719. The molecule has 5 rings (SSSR count). The Labute approximate surface area is 234 Å². The Balaban J connectivity index is 1.49. The van der Waals surface area contributed by atoms with E-state index < -0.39 is 5.97 Å². The normalized spacial score (nSPS) is 13.2. The maximum absolute atomic E-state index is 12.8. The number of aromatic nitrogens is 1. The molecule has 0 bridgehead atoms. The van der Waals surface area contributed by atoms with E-state index in [1.165, 1.54) is 20.0 Å². The van der Waals surface area contributed by atoms with Gasteiger partial charge in [0, 0.05) is 42.2 Å². The number of nitriles is 1. The lowest BCUT2D eigenvalue weighted by Gasteiger charge is -2.11. The zero-order valence-electron chi connectivity index (χ0n) is 22.9. The molecule has 1 aliphatic rings. The Morgan fingerprint density at radius 3 is 2.60 bits per heavy atom. The summed E-state index contributed by atoms with van der Waals surface area (Å²) in [4.78, 5) is 24.8. The largest absolute Gasteiger partial charge is 0.496 e. The first-order valence-electron chi connectivity index (χ1n) is 13.6. The number of rotatable bonds is 9. The Kier molecular flexibility index (Phi) is 8.16. The molecule has 7 nitrogen and oxygen atoms in total. The first-order valence-corrected chi connectivity index (χ1v) is 13.6. The molecule has 1 fully saturated rings. The lowest BCUT2D eigenvalue weighted by molar-refractivity contribution is -0.117. The molecule has 0 radical (unpaired) electrons. The fraction of sp³-hybridized carbons (Fsp3) is 0.303. The van der Waals surface area contributed by atoms with Gasteiger partial charge in [0.25, 0.3) is 0 Å². The zero-order chi connectivity index (χ0) is 28.1. The number of hydrogen-bond acceptors (Lipinski definition) is 5. The quantitative estimate of drug-likeness (QED) is 0.248. The molecule has 0 saturated heterocycles. The molecular weight excluding hydrogens is 502 g/mol. The first kappa shape index (κ1) is 27.0. The van der Waals surface area contributed by atoms with Crippen molar-refractivity contribution >= 4 is 28.5 Å². The molecule has 1 N–H and O–H groups in total. The predicted octanol–water partition coefficient (Wildman–Crippen LogP) is 6.47. The average molecular weight is 536 g/mol. The minimum absolute atomic E-state index is 0.0561. The minimum Gasteiger partial charge on any atom is -0.496 e. The van der Waals surface area contributed by atoms with Gasteiger partial charge in [-0.3, -0.25) is 4.79 Å². The van der Waals surface area contributed by atoms with Crippen molar-refractivity contribution in [3.63, 3.8) is 0 Å². The Hall–Kier alpha value is -4.57. The number of carbonyl (C=O) groups is 2. The van der Waals surface area contributed by atoms with Crippen LogP contribution in [-0.2, 0) is 22.5 Å². The second kappa shape index (κ2) is 12.1. The number of nitrogens with one attached hydrogen (secondary N) is 1. The summed E-state index contributed by atoms with van der Waals surface area (Å²) >= 11 is 0. The second-order valence-corrected chi connectivity index (χ2v) is 10.4. The highest BCUT2D eigenvalue weighted by molar-refractivity contribution is 5.95. The summed E-state index contributed by atoms with van der Waals surface area (Å²) in [5, 5.41) is 13.5. The number of amides is 1. The number of nitrogens with zero attached hydrogens (tertiary/aromatic N) is 2. The molecule has 3 aromatic carbocycles. The van der Waals surface area contributed by atoms with Crippen LogP contribution in [0, 0.1) is 17.2 Å². The number of fused-ring (bicyclic) bond motifs is 1. The smallest absolute Gasteiger partial charge is 0.337 e. The monoisotopic (exact) mass is 535 g/mol. The predicted molar refractivity (Wildman–Crippen MR) is 155 cm³/mol. The number of methoxy groups -OCH3 is 2. The van der Waals surface area contributed by atoms with Gasteiger partial charge in [-0.15, -0.1) is 0 Å². The van der Waals surface area contributed by atoms with Crippen molar-refractivity contribution in [3.8, 4) is 11.8 Å². The van der Waals surface area contributed by atoms with E-state index in [4.69, 9.17) is 9.47 Å². The second-order valence-electron chi connectivity index (χ2n) is 10.4. The summed E-state index contributed by atoms with van der Waals surface area (Å²) in [6.07, 6.45) is 7.91. The fourth-order valence-corrected chi connectivity index (χ4v) is 5.69. The van der Waals surface area contributed by atoms with Gasteiger partial charge in [-0.25, -0.2) is 4.79 Å². The molecule has 40 heavy (non-hydrogen) atoms. The van der Waals surface area contributed by atoms with Crippen LogP contribution < -0.4 is 10.1 Å². The topological polar surface area (TPSA) is 93.4 Å². The third-order valence-corrected chi connectivity index (χ3v) is 7.69. The lowest BCUT2D eigenvalue weighted by atomic mass is 10.0. The van der Waals surface area contributed by atoms with Gasteiger partial charge < -0.3 is 19.4 Å². The molecule has 1 aliphatic carbocycles. The molecule has 4 aromatic rings. The molecule has 204 valence electrons. The van der Waals surface area contributed by atoms with E-state index in [1.807, 2.05) is 42.5 Å². The molecule has 7 heteroatoms. The molecule has 1 saturated carbocycles. The summed E-state index contributed by atoms with van der Waals surface area (Å²) < 4.78 is 12.7. The van der Waals surface area contributed by atoms with Crippen LogP contribution in [-0.4, -0.2) is 30.7 Å². The summed E-state index contributed by atoms with van der Waals surface area (Å²) in [6, 6.07) is 21.2. The number of carbonyl (C=O) groups excluding carboxylic acids is 2. The molecule has 1 amide bonds. The standard InChI is InChI=1S/C33H33N3O4/c1-39-31-17-26(33(38)40-2)11-10-25(31)16-27-21-36(20-24-9-5-8-23(14-24)19-34)30-13-12-28(18-29(27)30)35-32(37)15-22-6-3-4-7-22/h5,8-14,17-18,21-22H,3-4,6-7,15-16,20H2,1-2H3,(H,35,37). The van der Waals surface area contributed by atoms with Crippen LogP contribution in [0.2, 0.25) is 0 Å². The fourth-order valence-electron chi connectivity index (χ4n) is 5.69. The van der Waals surface area contributed by atoms with Crippen molar-refractivity contribution in [3.05, 3.63) is 94.7 Å². The van der Waals surface area contributed by atoms with Crippen LogP contribution in [0.15, 0.2) is 66.9 Å². The van der Waals surface area contributed by atoms with Crippen LogP contribution in [0.4, 0.5) is 5.69 Å². The molecule has 0 aliphatic heterocycles. The van der Waals surface area contributed by atoms with Crippen molar-refractivity contribution in [2.24, 2.45) is 5.92 Å². The highest BCUT2D eigenvalue weighted by Crippen LogP contribution is 2.32. The van der Waals surface area contributed by atoms with Gasteiger partial charge in [-0.05, 0) is 77.9 Å². The van der Waals surface area contributed by atoms with Crippen molar-refractivity contribution in [2.45, 2.75) is 45.1 Å². The van der Waals surface area contributed by atoms with Crippen LogP contribution >= 0.6 is 0 Å². The van der Waals surface area contributed by atoms with Gasteiger partial charge in [0.1, 0.15) is 5.75 Å². The molecule has 1 heterocycles. The Bertz CT molecular complexity index is 1590. The van der Waals surface area contributed by atoms with Crippen molar-refractivity contribution in [1.82, 2.24) is 4.57 Å². The highest BCUT2D eigenvalue weighted by atomic mass is 16.5. The maximum atomic E-state index is 12.8. The molecule has 1 aromatic heterocycles. The molecule has 0 atom stereocenters. The molecule has 0 spiro atoms. The van der Waals surface area contributed by atoms with Crippen LogP contribution in [0.25, 0.3) is 10.9 Å². The van der Waals surface area contributed by atoms with Crippen LogP contribution in [0.5, 0.6) is 5.75 Å². The van der Waals surface area contributed by atoms with Gasteiger partial charge in [0.2, 0.25) is 5.91 Å². The number of esters is 1. The van der Waals surface area contributed by atoms with Gasteiger partial charge in [0.05, 0.1) is 31.4 Å². The van der Waals surface area contributed by atoms with Crippen LogP contribution in [0.3, 0.4) is 0 Å². The SMILES string of the molecule is COC(=O)c1ccc(Cc2cn(Cc3cccc(C#N)c3)c3ccc(NC(=O)CC4CCCC4)cc23)c(OC)c1. The first-order chi connectivity index (χ1) is 19.5. The number of benzene rings is 3. The summed E-state index contributed by atoms with van der Waals surface area (Å²) in [5.41, 5.74) is 5.85. The van der Waals surface area contributed by atoms with E-state index in [0.29, 0.717) is 42.2 Å². The zero-order valence-corrected chi connectivity index (χ0v) is 22.9. The summed E-state index contributed by atoms with van der Waals surface area (Å²) in [7, 11) is 2.94. The van der Waals surface area contributed by atoms with Crippen LogP contribution in [0.1, 0.15) is 64.7 Å². The Morgan fingerprint density at radius 1 is 1.02 bits per heavy atom. The van der Waals surface area contributed by atoms with E-state index in [1.54, 1.807) is 25.3 Å². The van der Waals surface area contributed by atoms with Gasteiger partial charge in [-0.1, -0.05) is 31.0 Å². The third kappa shape index (κ3) is 6.02. The molecular formula is C33H33N3O4. The number of anilines is 1. The van der Waals surface area contributed by atoms with Gasteiger partial charge in [-0.2, -0.15) is 5.26 Å². The van der Waals surface area contributed by atoms with Crippen molar-refractivity contribution in [2.75, 3.05) is 19.5 Å². The van der Waals surface area contributed by atoms with E-state index in [0.717, 1.165) is 46.1 Å². The van der Waals surface area contributed by atoms with E-state index in [9.17, 15) is 14.9 Å². The third-order valence-electron chi connectivity index (χ3n) is 7.69. The highest BCUT2D eigenvalue weighted by Gasteiger charge is 2.19. The molecule has 0 unspecified atom stereocenters. The Morgan fingerprint density at radius 2 is 1.85 bits per heavy atom. The van der Waals surface area contributed by atoms with E-state index in [-0.39, 0.29) is 5.91 Å².